The molecule has 0 saturated carbocycles. The second kappa shape index (κ2) is 5.91. The zero-order valence-corrected chi connectivity index (χ0v) is 6.16. The van der Waals surface area contributed by atoms with E-state index in [1.807, 2.05) is 0 Å². The smallest absolute Gasteiger partial charge is 0.230 e. The van der Waals surface area contributed by atoms with Crippen LogP contribution >= 0.6 is 12.6 Å². The lowest BCUT2D eigenvalue weighted by atomic mass is 10.6. The fourth-order valence-electron chi connectivity index (χ4n) is 0.344. The third kappa shape index (κ3) is 5.65. The van der Waals surface area contributed by atoms with Crippen molar-refractivity contribution in [1.29, 1.82) is 0 Å². The number of amides is 1. The first-order valence-electron chi connectivity index (χ1n) is 2.65. The van der Waals surface area contributed by atoms with Gasteiger partial charge in [0.15, 0.2) is 0 Å². The molecule has 0 aromatic rings. The number of nitrogens with one attached hydrogen (secondary N) is 1. The van der Waals surface area contributed by atoms with Gasteiger partial charge in [0.1, 0.15) is 0 Å². The van der Waals surface area contributed by atoms with Crippen molar-refractivity contribution in [3.05, 3.63) is 0 Å². The van der Waals surface area contributed by atoms with Crippen molar-refractivity contribution in [1.82, 2.24) is 5.32 Å². The molecule has 3 nitrogen and oxygen atoms in total. The lowest BCUT2D eigenvalue weighted by Crippen LogP contribution is -2.27. The molecule has 0 aliphatic carbocycles. The van der Waals surface area contributed by atoms with Crippen molar-refractivity contribution < 1.29 is 9.53 Å². The summed E-state index contributed by atoms with van der Waals surface area (Å²) in [7, 11) is 1.58. The summed E-state index contributed by atoms with van der Waals surface area (Å²) in [5, 5.41) is 2.57. The predicted octanol–water partition coefficient (Wildman–Crippen LogP) is -0.0535. The molecule has 0 aromatic heterocycles. The van der Waals surface area contributed by atoms with E-state index >= 15 is 0 Å². The van der Waals surface area contributed by atoms with Gasteiger partial charge in [-0.05, 0) is 0 Å². The molecule has 0 aliphatic heterocycles. The first-order valence-corrected chi connectivity index (χ1v) is 3.22. The SMILES string of the molecule is COCCNC(=O)C[S]. The van der Waals surface area contributed by atoms with E-state index < -0.39 is 0 Å². The first kappa shape index (κ1) is 8.78. The highest BCUT2D eigenvalue weighted by Gasteiger charge is 1.93. The van der Waals surface area contributed by atoms with Crippen molar-refractivity contribution >= 4 is 18.5 Å². The Bertz CT molecular complexity index is 87.0. The Morgan fingerprint density at radius 3 is 2.89 bits per heavy atom. The van der Waals surface area contributed by atoms with Gasteiger partial charge in [-0.3, -0.25) is 4.79 Å². The Kier molecular flexibility index (Phi) is 5.76. The Balaban J connectivity index is 2.97. The third-order valence-electron chi connectivity index (χ3n) is 0.759. The van der Waals surface area contributed by atoms with Crippen LogP contribution in [0.3, 0.4) is 0 Å². The van der Waals surface area contributed by atoms with Gasteiger partial charge < -0.3 is 10.1 Å². The van der Waals surface area contributed by atoms with Crippen LogP contribution in [0.5, 0.6) is 0 Å². The van der Waals surface area contributed by atoms with Crippen molar-refractivity contribution in [2.24, 2.45) is 0 Å². The number of ether oxygens (including phenoxy) is 1. The largest absolute Gasteiger partial charge is 0.383 e. The van der Waals surface area contributed by atoms with Crippen LogP contribution < -0.4 is 5.32 Å². The summed E-state index contributed by atoms with van der Waals surface area (Å²) >= 11 is 4.47. The van der Waals surface area contributed by atoms with Gasteiger partial charge in [-0.1, -0.05) is 12.6 Å². The summed E-state index contributed by atoms with van der Waals surface area (Å²) < 4.78 is 4.69. The van der Waals surface area contributed by atoms with Crippen LogP contribution in [-0.2, 0) is 9.53 Å². The average molecular weight is 148 g/mol. The van der Waals surface area contributed by atoms with Crippen LogP contribution in [0, 0.1) is 0 Å². The number of rotatable bonds is 4. The van der Waals surface area contributed by atoms with E-state index in [2.05, 4.69) is 22.7 Å². The van der Waals surface area contributed by atoms with Gasteiger partial charge in [0.05, 0.1) is 12.4 Å². The molecule has 0 heterocycles. The normalized spacial score (nSPS) is 9.11. The van der Waals surface area contributed by atoms with Crippen molar-refractivity contribution in [3.63, 3.8) is 0 Å². The Morgan fingerprint density at radius 2 is 2.44 bits per heavy atom. The molecule has 0 fully saturated rings. The molecule has 0 aliphatic rings. The molecule has 0 atom stereocenters. The molecule has 0 saturated heterocycles. The molecular formula is C5H10NO2S. The highest BCUT2D eigenvalue weighted by molar-refractivity contribution is 7.81. The number of methoxy groups -OCH3 is 1. The molecule has 9 heavy (non-hydrogen) atoms. The summed E-state index contributed by atoms with van der Waals surface area (Å²) in [5.74, 6) is 0.0195. The molecule has 1 radical (unpaired) electrons. The molecule has 0 unspecified atom stereocenters. The fourth-order valence-corrected chi connectivity index (χ4v) is 0.446. The zero-order valence-electron chi connectivity index (χ0n) is 5.35. The lowest BCUT2D eigenvalue weighted by molar-refractivity contribution is -0.118. The molecule has 4 heteroatoms. The van der Waals surface area contributed by atoms with Gasteiger partial charge in [0, 0.05) is 13.7 Å². The molecule has 0 aromatic carbocycles. The van der Waals surface area contributed by atoms with Gasteiger partial charge in [-0.2, -0.15) is 0 Å². The van der Waals surface area contributed by atoms with Crippen LogP contribution in [0.25, 0.3) is 0 Å². The average Bonchev–Trinajstić information content (AvgIpc) is 1.89. The zero-order chi connectivity index (χ0) is 7.11. The van der Waals surface area contributed by atoms with Gasteiger partial charge >= 0.3 is 0 Å². The summed E-state index contributed by atoms with van der Waals surface area (Å²) in [4.78, 5) is 10.4. The van der Waals surface area contributed by atoms with Crippen molar-refractivity contribution in [3.8, 4) is 0 Å². The number of hydrogen-bond donors (Lipinski definition) is 1. The molecule has 0 spiro atoms. The Labute approximate surface area is 60.2 Å². The Hall–Kier alpha value is -0.220. The van der Waals surface area contributed by atoms with Crippen molar-refractivity contribution in [2.75, 3.05) is 26.0 Å². The summed E-state index contributed by atoms with van der Waals surface area (Å²) in [6.07, 6.45) is 0. The van der Waals surface area contributed by atoms with Gasteiger partial charge in [-0.25, -0.2) is 0 Å². The minimum Gasteiger partial charge on any atom is -0.383 e. The molecule has 1 N–H and O–H groups in total. The van der Waals surface area contributed by atoms with E-state index in [4.69, 9.17) is 0 Å². The summed E-state index contributed by atoms with van der Waals surface area (Å²) in [6.45, 7) is 1.09. The second-order valence-electron chi connectivity index (χ2n) is 1.49. The summed E-state index contributed by atoms with van der Waals surface area (Å²) in [5.41, 5.74) is 0. The minimum atomic E-state index is -0.109. The molecule has 1 amide bonds. The number of carbonyl (C=O) groups excluding carboxylic acids is 1. The lowest BCUT2D eigenvalue weighted by Gasteiger charge is -1.99. The third-order valence-corrected chi connectivity index (χ3v) is 1.02. The van der Waals surface area contributed by atoms with E-state index in [-0.39, 0.29) is 11.7 Å². The van der Waals surface area contributed by atoms with Crippen LogP contribution in [0.15, 0.2) is 0 Å². The molecule has 0 bridgehead atoms. The fraction of sp³-hybridized carbons (Fsp3) is 0.800. The van der Waals surface area contributed by atoms with Gasteiger partial charge in [0.25, 0.3) is 0 Å². The van der Waals surface area contributed by atoms with E-state index in [1.54, 1.807) is 7.11 Å². The van der Waals surface area contributed by atoms with Gasteiger partial charge in [-0.15, -0.1) is 0 Å². The maximum atomic E-state index is 10.4. The maximum absolute atomic E-state index is 10.4. The highest BCUT2D eigenvalue weighted by Crippen LogP contribution is 1.72. The molecule has 0 rings (SSSR count). The van der Waals surface area contributed by atoms with Crippen LogP contribution in [0.4, 0.5) is 0 Å². The summed E-state index contributed by atoms with van der Waals surface area (Å²) in [6, 6.07) is 0. The standard InChI is InChI=1S/C5H10NO2S/c1-8-3-2-6-5(7)4-9/h2-4H2,1H3,(H,6,7). The topological polar surface area (TPSA) is 38.3 Å². The predicted molar refractivity (Wildman–Crippen MR) is 37.3 cm³/mol. The number of carbonyl (C=O) groups is 1. The highest BCUT2D eigenvalue weighted by atomic mass is 32.1. The van der Waals surface area contributed by atoms with Crippen LogP contribution in [0.2, 0.25) is 0 Å². The molecule has 53 valence electrons. The van der Waals surface area contributed by atoms with E-state index in [0.717, 1.165) is 0 Å². The second-order valence-corrected chi connectivity index (χ2v) is 1.78. The van der Waals surface area contributed by atoms with Gasteiger partial charge in [0.2, 0.25) is 5.91 Å². The van der Waals surface area contributed by atoms with Crippen LogP contribution in [0.1, 0.15) is 0 Å². The Morgan fingerprint density at radius 1 is 1.78 bits per heavy atom. The van der Waals surface area contributed by atoms with E-state index in [0.29, 0.717) is 13.2 Å². The minimum absolute atomic E-state index is 0.109. The van der Waals surface area contributed by atoms with E-state index in [1.165, 1.54) is 0 Å². The van der Waals surface area contributed by atoms with E-state index in [9.17, 15) is 4.79 Å². The quantitative estimate of drug-likeness (QED) is 0.567. The van der Waals surface area contributed by atoms with Crippen molar-refractivity contribution in [2.45, 2.75) is 0 Å². The maximum Gasteiger partial charge on any atom is 0.230 e. The molecular weight excluding hydrogens is 138 g/mol. The first-order chi connectivity index (χ1) is 4.31. The number of hydrogen-bond acceptors (Lipinski definition) is 2. The van der Waals surface area contributed by atoms with Crippen LogP contribution in [-0.4, -0.2) is 31.9 Å². The monoisotopic (exact) mass is 148 g/mol.